The Morgan fingerprint density at radius 3 is 2.79 bits per heavy atom. The lowest BCUT2D eigenvalue weighted by molar-refractivity contribution is 0.392. The van der Waals surface area contributed by atoms with Gasteiger partial charge in [-0.3, -0.25) is 0 Å². The molecule has 4 nitrogen and oxygen atoms in total. The maximum atomic E-state index is 8.46. The first-order valence-corrected chi connectivity index (χ1v) is 7.98. The van der Waals surface area contributed by atoms with Gasteiger partial charge in [-0.05, 0) is 30.0 Å². The predicted octanol–water partition coefficient (Wildman–Crippen LogP) is 3.61. The lowest BCUT2D eigenvalue weighted by atomic mass is 10.2. The largest absolute Gasteiger partial charge is 0.338 e. The molecule has 0 saturated heterocycles. The fourth-order valence-electron chi connectivity index (χ4n) is 1.48. The van der Waals surface area contributed by atoms with Crippen LogP contribution in [0.2, 0.25) is 0 Å². The summed E-state index contributed by atoms with van der Waals surface area (Å²) >= 11 is 3.26. The van der Waals surface area contributed by atoms with Crippen LogP contribution in [0.4, 0.5) is 0 Å². The van der Waals surface area contributed by atoms with E-state index in [2.05, 4.69) is 35.3 Å². The highest BCUT2D eigenvalue weighted by atomic mass is 32.2. The summed E-state index contributed by atoms with van der Waals surface area (Å²) in [5.74, 6) is 3.22. The van der Waals surface area contributed by atoms with Gasteiger partial charge >= 0.3 is 0 Å². The molecule has 1 aromatic carbocycles. The normalized spacial score (nSPS) is 10.3. The summed E-state index contributed by atoms with van der Waals surface area (Å²) in [6.07, 6.45) is 0. The zero-order valence-electron chi connectivity index (χ0n) is 10.5. The van der Waals surface area contributed by atoms with Gasteiger partial charge in [-0.1, -0.05) is 12.1 Å². The Morgan fingerprint density at radius 1 is 1.32 bits per heavy atom. The van der Waals surface area contributed by atoms with Gasteiger partial charge in [0, 0.05) is 10.5 Å². The van der Waals surface area contributed by atoms with Gasteiger partial charge in [-0.15, -0.1) is 23.5 Å². The Hall–Kier alpha value is -1.45. The second-order valence-electron chi connectivity index (χ2n) is 3.62. The van der Waals surface area contributed by atoms with Crippen LogP contribution < -0.4 is 0 Å². The van der Waals surface area contributed by atoms with E-state index < -0.39 is 0 Å². The molecular formula is C13H13N3OS2. The molecule has 1 heterocycles. The minimum atomic E-state index is 0.431. The molecule has 0 aliphatic heterocycles. The zero-order valence-corrected chi connectivity index (χ0v) is 12.1. The van der Waals surface area contributed by atoms with Crippen LogP contribution in [0.25, 0.3) is 11.4 Å². The van der Waals surface area contributed by atoms with Gasteiger partial charge < -0.3 is 4.52 Å². The molecule has 0 unspecified atom stereocenters. The van der Waals surface area contributed by atoms with Gasteiger partial charge in [-0.2, -0.15) is 10.2 Å². The standard InChI is InChI=1S/C13H13N3OS2/c1-2-19-11-5-3-10(4-6-11)13-15-12(17-16-13)9-18-8-7-14/h3-6H,2,8-9H2,1H3. The second-order valence-corrected chi connectivity index (χ2v) is 5.94. The molecule has 0 saturated carbocycles. The highest BCUT2D eigenvalue weighted by molar-refractivity contribution is 7.99. The van der Waals surface area contributed by atoms with Crippen LogP contribution in [0.5, 0.6) is 0 Å². The van der Waals surface area contributed by atoms with Crippen molar-refractivity contribution in [1.29, 1.82) is 5.26 Å². The predicted molar refractivity (Wildman–Crippen MR) is 77.9 cm³/mol. The van der Waals surface area contributed by atoms with Crippen molar-refractivity contribution in [3.05, 3.63) is 30.2 Å². The van der Waals surface area contributed by atoms with Crippen LogP contribution in [0, 0.1) is 11.3 Å². The summed E-state index contributed by atoms with van der Waals surface area (Å²) in [5.41, 5.74) is 0.945. The number of hydrogen-bond donors (Lipinski definition) is 0. The Kier molecular flexibility index (Phi) is 5.31. The van der Waals surface area contributed by atoms with Crippen LogP contribution >= 0.6 is 23.5 Å². The summed E-state index contributed by atoms with van der Waals surface area (Å²) in [7, 11) is 0. The lowest BCUT2D eigenvalue weighted by Gasteiger charge is -1.98. The summed E-state index contributed by atoms with van der Waals surface area (Å²) in [6.45, 7) is 2.13. The van der Waals surface area contributed by atoms with Crippen LogP contribution in [0.3, 0.4) is 0 Å². The van der Waals surface area contributed by atoms with E-state index in [0.717, 1.165) is 11.3 Å². The Bertz CT molecular complexity index is 560. The number of nitriles is 1. The monoisotopic (exact) mass is 291 g/mol. The molecule has 0 radical (unpaired) electrons. The van der Waals surface area contributed by atoms with Crippen LogP contribution in [-0.2, 0) is 5.75 Å². The van der Waals surface area contributed by atoms with Crippen LogP contribution in [0.1, 0.15) is 12.8 Å². The fraction of sp³-hybridized carbons (Fsp3) is 0.308. The third-order valence-electron chi connectivity index (χ3n) is 2.28. The zero-order chi connectivity index (χ0) is 13.5. The number of hydrogen-bond acceptors (Lipinski definition) is 6. The second kappa shape index (κ2) is 7.22. The van der Waals surface area contributed by atoms with E-state index in [0.29, 0.717) is 23.2 Å². The molecule has 2 aromatic rings. The molecular weight excluding hydrogens is 278 g/mol. The van der Waals surface area contributed by atoms with Crippen LogP contribution in [-0.4, -0.2) is 21.6 Å². The molecule has 19 heavy (non-hydrogen) atoms. The number of benzene rings is 1. The number of thioether (sulfide) groups is 2. The number of nitrogens with zero attached hydrogens (tertiary/aromatic N) is 3. The topological polar surface area (TPSA) is 62.7 Å². The van der Waals surface area contributed by atoms with E-state index in [1.807, 2.05) is 12.1 Å². The molecule has 0 bridgehead atoms. The van der Waals surface area contributed by atoms with E-state index in [1.165, 1.54) is 16.7 Å². The van der Waals surface area contributed by atoms with Crippen molar-refractivity contribution in [2.45, 2.75) is 17.6 Å². The summed E-state index contributed by atoms with van der Waals surface area (Å²) in [4.78, 5) is 5.55. The maximum absolute atomic E-state index is 8.46. The molecule has 0 N–H and O–H groups in total. The number of aromatic nitrogens is 2. The SMILES string of the molecule is CCSc1ccc(-c2noc(CSCC#N)n2)cc1. The average Bonchev–Trinajstić information content (AvgIpc) is 2.89. The minimum Gasteiger partial charge on any atom is -0.338 e. The van der Waals surface area contributed by atoms with Gasteiger partial charge in [0.1, 0.15) is 0 Å². The lowest BCUT2D eigenvalue weighted by Crippen LogP contribution is -1.83. The smallest absolute Gasteiger partial charge is 0.236 e. The third-order valence-corrected chi connectivity index (χ3v) is 3.96. The quantitative estimate of drug-likeness (QED) is 0.598. The first kappa shape index (κ1) is 14.0. The Morgan fingerprint density at radius 2 is 2.11 bits per heavy atom. The van der Waals surface area contributed by atoms with Gasteiger partial charge in [-0.25, -0.2) is 0 Å². The summed E-state index contributed by atoms with van der Waals surface area (Å²) in [5, 5.41) is 12.4. The van der Waals surface area contributed by atoms with Crippen molar-refractivity contribution >= 4 is 23.5 Å². The van der Waals surface area contributed by atoms with E-state index in [-0.39, 0.29) is 0 Å². The molecule has 1 aromatic heterocycles. The van der Waals surface area contributed by atoms with Gasteiger partial charge in [0.05, 0.1) is 17.6 Å². The molecule has 98 valence electrons. The Balaban J connectivity index is 2.03. The first-order chi connectivity index (χ1) is 9.33. The van der Waals surface area contributed by atoms with Gasteiger partial charge in [0.15, 0.2) is 0 Å². The highest BCUT2D eigenvalue weighted by Gasteiger charge is 2.08. The molecule has 0 amide bonds. The highest BCUT2D eigenvalue weighted by Crippen LogP contribution is 2.22. The summed E-state index contributed by atoms with van der Waals surface area (Å²) in [6, 6.07) is 10.2. The molecule has 6 heteroatoms. The van der Waals surface area contributed by atoms with Crippen molar-refractivity contribution in [2.75, 3.05) is 11.5 Å². The third kappa shape index (κ3) is 4.01. The van der Waals surface area contributed by atoms with Crippen LogP contribution in [0.15, 0.2) is 33.7 Å². The van der Waals surface area contributed by atoms with Crippen molar-refractivity contribution in [3.8, 4) is 17.5 Å². The molecule has 0 aliphatic rings. The summed E-state index contributed by atoms with van der Waals surface area (Å²) < 4.78 is 5.15. The van der Waals surface area contributed by atoms with Crippen molar-refractivity contribution in [3.63, 3.8) is 0 Å². The van der Waals surface area contributed by atoms with Crippen molar-refractivity contribution < 1.29 is 4.52 Å². The van der Waals surface area contributed by atoms with E-state index >= 15 is 0 Å². The van der Waals surface area contributed by atoms with Gasteiger partial charge in [0.2, 0.25) is 11.7 Å². The fourth-order valence-corrected chi connectivity index (χ4v) is 2.63. The number of rotatable bonds is 6. The minimum absolute atomic E-state index is 0.431. The van der Waals surface area contributed by atoms with Crippen molar-refractivity contribution in [2.24, 2.45) is 0 Å². The first-order valence-electron chi connectivity index (χ1n) is 5.84. The molecule has 0 atom stereocenters. The Labute approximate surface area is 120 Å². The average molecular weight is 291 g/mol. The van der Waals surface area contributed by atoms with E-state index in [9.17, 15) is 0 Å². The maximum Gasteiger partial charge on any atom is 0.236 e. The van der Waals surface area contributed by atoms with Gasteiger partial charge in [0.25, 0.3) is 0 Å². The molecule has 0 aliphatic carbocycles. The van der Waals surface area contributed by atoms with E-state index in [4.69, 9.17) is 9.78 Å². The molecule has 0 fully saturated rings. The van der Waals surface area contributed by atoms with E-state index in [1.54, 1.807) is 11.8 Å². The molecule has 0 spiro atoms. The molecule has 2 rings (SSSR count). The van der Waals surface area contributed by atoms with Crippen molar-refractivity contribution in [1.82, 2.24) is 10.1 Å².